The third-order valence-electron chi connectivity index (χ3n) is 8.80. The predicted molar refractivity (Wildman–Crippen MR) is 187 cm³/mol. The Balaban J connectivity index is 1.29. The molecule has 0 unspecified atom stereocenters. The first-order chi connectivity index (χ1) is 22.3. The van der Waals surface area contributed by atoms with Gasteiger partial charge in [0.2, 0.25) is 0 Å². The molecular formula is C40H23N3OS. The number of hydrogen-bond donors (Lipinski definition) is 0. The molecule has 5 heteroatoms. The standard InChI is InChI=1S/C40H23N3OS/c1-2-11-24(12-3-1)40-41-36(39-37(42-40)30-17-6-9-20-34(30)45-39)25-13-10-14-26(23-25)43-31-18-7-4-15-27(31)28-21-22-33-35(38(28)43)29-16-5-8-19-32(29)44-33/h1-23H. The minimum atomic E-state index is 0.732. The molecule has 0 aliphatic rings. The number of para-hydroxylation sites is 2. The van der Waals surface area contributed by atoms with Crippen LogP contribution in [0.5, 0.6) is 0 Å². The van der Waals surface area contributed by atoms with Crippen LogP contribution >= 0.6 is 11.3 Å². The number of thiophene rings is 1. The summed E-state index contributed by atoms with van der Waals surface area (Å²) in [5.41, 5.74) is 9.16. The maximum absolute atomic E-state index is 6.34. The van der Waals surface area contributed by atoms with Gasteiger partial charge < -0.3 is 8.98 Å². The van der Waals surface area contributed by atoms with Gasteiger partial charge in [-0.25, -0.2) is 9.97 Å². The Labute approximate surface area is 261 Å². The lowest BCUT2D eigenvalue weighted by Crippen LogP contribution is -1.97. The van der Waals surface area contributed by atoms with E-state index < -0.39 is 0 Å². The number of fused-ring (bicyclic) bond motifs is 10. The molecule has 0 saturated heterocycles. The van der Waals surface area contributed by atoms with Crippen molar-refractivity contribution in [2.75, 3.05) is 0 Å². The summed E-state index contributed by atoms with van der Waals surface area (Å²) in [5.74, 6) is 0.732. The molecule has 4 nitrogen and oxygen atoms in total. The van der Waals surface area contributed by atoms with Gasteiger partial charge in [0.25, 0.3) is 0 Å². The molecule has 0 N–H and O–H groups in total. The second-order valence-electron chi connectivity index (χ2n) is 11.4. The summed E-state index contributed by atoms with van der Waals surface area (Å²) >= 11 is 1.76. The maximum Gasteiger partial charge on any atom is 0.160 e. The number of aromatic nitrogens is 3. The van der Waals surface area contributed by atoms with Gasteiger partial charge in [0, 0.05) is 43.1 Å². The van der Waals surface area contributed by atoms with E-state index in [2.05, 4.69) is 114 Å². The third-order valence-corrected chi connectivity index (χ3v) is 9.97. The van der Waals surface area contributed by atoms with Crippen LogP contribution in [0.15, 0.2) is 144 Å². The fourth-order valence-corrected chi connectivity index (χ4v) is 7.98. The molecule has 4 aromatic heterocycles. The number of nitrogens with zero attached hydrogens (tertiary/aromatic N) is 3. The van der Waals surface area contributed by atoms with E-state index in [4.69, 9.17) is 14.4 Å². The topological polar surface area (TPSA) is 43.9 Å². The highest BCUT2D eigenvalue weighted by Crippen LogP contribution is 2.43. The van der Waals surface area contributed by atoms with Gasteiger partial charge in [0.1, 0.15) is 11.2 Å². The molecule has 0 radical (unpaired) electrons. The van der Waals surface area contributed by atoms with Crippen LogP contribution in [0.2, 0.25) is 0 Å². The van der Waals surface area contributed by atoms with E-state index in [-0.39, 0.29) is 0 Å². The highest BCUT2D eigenvalue weighted by molar-refractivity contribution is 7.26. The van der Waals surface area contributed by atoms with Crippen molar-refractivity contribution in [2.24, 2.45) is 0 Å². The Hall–Kier alpha value is -5.78. The van der Waals surface area contributed by atoms with Crippen LogP contribution < -0.4 is 0 Å². The van der Waals surface area contributed by atoms with Gasteiger partial charge in [-0.3, -0.25) is 0 Å². The van der Waals surface area contributed by atoms with Crippen LogP contribution in [0.3, 0.4) is 0 Å². The van der Waals surface area contributed by atoms with Gasteiger partial charge in [-0.15, -0.1) is 11.3 Å². The van der Waals surface area contributed by atoms with Gasteiger partial charge in [-0.1, -0.05) is 97.1 Å². The molecule has 0 saturated carbocycles. The number of furan rings is 1. The third kappa shape index (κ3) is 3.59. The summed E-state index contributed by atoms with van der Waals surface area (Å²) in [5, 5.41) is 5.82. The van der Waals surface area contributed by atoms with Crippen LogP contribution in [0.25, 0.3) is 92.4 Å². The molecular weight excluding hydrogens is 571 g/mol. The molecule has 0 fully saturated rings. The van der Waals surface area contributed by atoms with Crippen molar-refractivity contribution in [3.05, 3.63) is 140 Å². The molecule has 0 aliphatic heterocycles. The van der Waals surface area contributed by atoms with E-state index in [0.29, 0.717) is 0 Å². The summed E-state index contributed by atoms with van der Waals surface area (Å²) in [7, 11) is 0. The van der Waals surface area contributed by atoms with E-state index in [9.17, 15) is 0 Å². The second kappa shape index (κ2) is 9.36. The fraction of sp³-hybridized carbons (Fsp3) is 0. The lowest BCUT2D eigenvalue weighted by atomic mass is 10.1. The van der Waals surface area contributed by atoms with Crippen LogP contribution in [0, 0.1) is 0 Å². The zero-order valence-corrected chi connectivity index (χ0v) is 24.8. The Bertz CT molecular complexity index is 2770. The highest BCUT2D eigenvalue weighted by atomic mass is 32.1. The monoisotopic (exact) mass is 593 g/mol. The number of hydrogen-bond acceptors (Lipinski definition) is 4. The zero-order chi connectivity index (χ0) is 29.5. The Morgan fingerprint density at radius 3 is 2.22 bits per heavy atom. The van der Waals surface area contributed by atoms with Crippen molar-refractivity contribution >= 4 is 75.4 Å². The van der Waals surface area contributed by atoms with Crippen molar-refractivity contribution in [1.82, 2.24) is 14.5 Å². The smallest absolute Gasteiger partial charge is 0.160 e. The molecule has 45 heavy (non-hydrogen) atoms. The minimum absolute atomic E-state index is 0.732. The molecule has 6 aromatic carbocycles. The van der Waals surface area contributed by atoms with E-state index in [0.717, 1.165) is 76.9 Å². The van der Waals surface area contributed by atoms with Crippen molar-refractivity contribution in [2.45, 2.75) is 0 Å². The van der Waals surface area contributed by atoms with Crippen molar-refractivity contribution in [3.8, 4) is 28.3 Å². The zero-order valence-electron chi connectivity index (χ0n) is 23.9. The summed E-state index contributed by atoms with van der Waals surface area (Å²) in [6.07, 6.45) is 0. The van der Waals surface area contributed by atoms with Gasteiger partial charge in [0.15, 0.2) is 5.82 Å². The SMILES string of the molecule is c1ccc(-c2nc(-c3cccc(-n4c5ccccc5c5ccc6oc7ccccc7c6c54)c3)c3sc4ccccc4c3n2)cc1. The van der Waals surface area contributed by atoms with E-state index in [1.165, 1.54) is 15.5 Å². The van der Waals surface area contributed by atoms with E-state index >= 15 is 0 Å². The number of rotatable bonds is 3. The first-order valence-electron chi connectivity index (χ1n) is 15.0. The Morgan fingerprint density at radius 2 is 1.31 bits per heavy atom. The summed E-state index contributed by atoms with van der Waals surface area (Å²) in [6.45, 7) is 0. The lowest BCUT2D eigenvalue weighted by molar-refractivity contribution is 0.669. The molecule has 10 aromatic rings. The van der Waals surface area contributed by atoms with Crippen LogP contribution in [-0.4, -0.2) is 14.5 Å². The van der Waals surface area contributed by atoms with Gasteiger partial charge in [-0.05, 0) is 42.5 Å². The summed E-state index contributed by atoms with van der Waals surface area (Å²) in [6, 6.07) is 48.8. The molecule has 0 atom stereocenters. The molecule has 0 bridgehead atoms. The van der Waals surface area contributed by atoms with E-state index in [1.54, 1.807) is 11.3 Å². The molecule has 210 valence electrons. The average Bonchev–Trinajstić information content (AvgIpc) is 3.77. The summed E-state index contributed by atoms with van der Waals surface area (Å²) < 4.78 is 11.0. The molecule has 4 heterocycles. The average molecular weight is 594 g/mol. The van der Waals surface area contributed by atoms with Crippen molar-refractivity contribution < 1.29 is 4.42 Å². The predicted octanol–water partition coefficient (Wildman–Crippen LogP) is 11.2. The molecule has 0 aliphatic carbocycles. The largest absolute Gasteiger partial charge is 0.456 e. The highest BCUT2D eigenvalue weighted by Gasteiger charge is 2.21. The van der Waals surface area contributed by atoms with Gasteiger partial charge in [0.05, 0.1) is 32.3 Å². The van der Waals surface area contributed by atoms with Crippen LogP contribution in [-0.2, 0) is 0 Å². The first-order valence-corrected chi connectivity index (χ1v) is 15.8. The molecule has 0 spiro atoms. The summed E-state index contributed by atoms with van der Waals surface area (Å²) in [4.78, 5) is 10.4. The van der Waals surface area contributed by atoms with Crippen molar-refractivity contribution in [3.63, 3.8) is 0 Å². The second-order valence-corrected chi connectivity index (χ2v) is 12.4. The van der Waals surface area contributed by atoms with E-state index in [1.807, 2.05) is 30.3 Å². The fourth-order valence-electron chi connectivity index (χ4n) is 6.83. The van der Waals surface area contributed by atoms with Gasteiger partial charge >= 0.3 is 0 Å². The first kappa shape index (κ1) is 24.6. The normalized spacial score (nSPS) is 12.0. The Kier molecular flexibility index (Phi) is 5.12. The maximum atomic E-state index is 6.34. The quantitative estimate of drug-likeness (QED) is 0.205. The number of benzene rings is 6. The van der Waals surface area contributed by atoms with Crippen LogP contribution in [0.4, 0.5) is 0 Å². The molecule has 0 amide bonds. The van der Waals surface area contributed by atoms with Gasteiger partial charge in [-0.2, -0.15) is 0 Å². The Morgan fingerprint density at radius 1 is 0.556 bits per heavy atom. The molecule has 10 rings (SSSR count). The lowest BCUT2D eigenvalue weighted by Gasteiger charge is -2.12. The van der Waals surface area contributed by atoms with Crippen molar-refractivity contribution in [1.29, 1.82) is 0 Å². The van der Waals surface area contributed by atoms with Crippen LogP contribution in [0.1, 0.15) is 0 Å². The minimum Gasteiger partial charge on any atom is -0.456 e.